The molecule has 41 heavy (non-hydrogen) atoms. The lowest BCUT2D eigenvalue weighted by Gasteiger charge is -2.26. The van der Waals surface area contributed by atoms with E-state index in [1.807, 2.05) is 12.3 Å². The molecule has 0 saturated heterocycles. The van der Waals surface area contributed by atoms with Crippen molar-refractivity contribution in [3.8, 4) is 11.3 Å². The van der Waals surface area contributed by atoms with Gasteiger partial charge in [-0.3, -0.25) is 9.48 Å². The van der Waals surface area contributed by atoms with Crippen molar-refractivity contribution < 1.29 is 18.0 Å². The average molecular weight is 566 g/mol. The number of amides is 1. The van der Waals surface area contributed by atoms with E-state index in [2.05, 4.69) is 33.7 Å². The monoisotopic (exact) mass is 565 g/mol. The Hall–Kier alpha value is -3.99. The largest absolute Gasteiger partial charge is 0.416 e. The summed E-state index contributed by atoms with van der Waals surface area (Å²) in [4.78, 5) is 22.3. The van der Waals surface area contributed by atoms with Gasteiger partial charge >= 0.3 is 6.18 Å². The molecule has 0 radical (unpaired) electrons. The van der Waals surface area contributed by atoms with Gasteiger partial charge in [-0.1, -0.05) is 25.1 Å². The molecule has 0 spiro atoms. The van der Waals surface area contributed by atoms with E-state index in [9.17, 15) is 18.0 Å². The Morgan fingerprint density at radius 3 is 2.61 bits per heavy atom. The fourth-order valence-corrected chi connectivity index (χ4v) is 5.32. The smallest absolute Gasteiger partial charge is 0.351 e. The minimum absolute atomic E-state index is 0.273. The van der Waals surface area contributed by atoms with Crippen molar-refractivity contribution >= 4 is 28.6 Å². The number of carbonyl (C=O) groups excluding carboxylic acids is 1. The SMILES string of the molecule is CCc1cc(-c2cc(NC(=O)C(C)c3cccc(C(F)(F)F)c3)nn2C)cc2cnc(NC3CCC(N)CC3)nc12. The van der Waals surface area contributed by atoms with E-state index in [0.29, 0.717) is 17.8 Å². The summed E-state index contributed by atoms with van der Waals surface area (Å²) in [5, 5.41) is 11.5. The molecule has 1 aliphatic rings. The number of alkyl halides is 3. The molecule has 2 aromatic heterocycles. The van der Waals surface area contributed by atoms with Gasteiger partial charge in [-0.2, -0.15) is 18.3 Å². The van der Waals surface area contributed by atoms with Crippen LogP contribution in [0.15, 0.2) is 48.7 Å². The summed E-state index contributed by atoms with van der Waals surface area (Å²) in [6, 6.07) is 11.2. The maximum absolute atomic E-state index is 13.1. The predicted octanol–water partition coefficient (Wildman–Crippen LogP) is 6.04. The molecule has 4 aromatic rings. The summed E-state index contributed by atoms with van der Waals surface area (Å²) in [7, 11) is 1.77. The Morgan fingerprint density at radius 1 is 1.15 bits per heavy atom. The number of nitrogens with zero attached hydrogens (tertiary/aromatic N) is 4. The third-order valence-electron chi connectivity index (χ3n) is 7.78. The van der Waals surface area contributed by atoms with Crippen LogP contribution in [0.3, 0.4) is 0 Å². The number of nitrogens with two attached hydrogens (primary N) is 1. The first-order valence-electron chi connectivity index (χ1n) is 13.9. The summed E-state index contributed by atoms with van der Waals surface area (Å²) >= 11 is 0. The first kappa shape index (κ1) is 28.5. The lowest BCUT2D eigenvalue weighted by atomic mass is 9.92. The van der Waals surface area contributed by atoms with Gasteiger partial charge in [0.05, 0.1) is 22.7 Å². The van der Waals surface area contributed by atoms with Gasteiger partial charge in [0.2, 0.25) is 11.9 Å². The van der Waals surface area contributed by atoms with Crippen LogP contribution in [0.25, 0.3) is 22.2 Å². The molecule has 11 heteroatoms. The van der Waals surface area contributed by atoms with Gasteiger partial charge in [0.25, 0.3) is 0 Å². The number of rotatable bonds is 7. The van der Waals surface area contributed by atoms with E-state index < -0.39 is 23.6 Å². The van der Waals surface area contributed by atoms with Crippen LogP contribution < -0.4 is 16.4 Å². The minimum Gasteiger partial charge on any atom is -0.351 e. The number of halogens is 3. The van der Waals surface area contributed by atoms with E-state index in [1.54, 1.807) is 24.7 Å². The second kappa shape index (κ2) is 11.5. The molecule has 1 amide bonds. The van der Waals surface area contributed by atoms with Crippen LogP contribution in [0, 0.1) is 0 Å². The third-order valence-corrected chi connectivity index (χ3v) is 7.78. The van der Waals surface area contributed by atoms with Gasteiger partial charge in [0.1, 0.15) is 0 Å². The van der Waals surface area contributed by atoms with Crippen LogP contribution in [0.5, 0.6) is 0 Å². The van der Waals surface area contributed by atoms with Crippen LogP contribution in [-0.2, 0) is 24.4 Å². The Labute approximate surface area is 236 Å². The molecule has 1 unspecified atom stereocenters. The van der Waals surface area contributed by atoms with Gasteiger partial charge in [0.15, 0.2) is 5.82 Å². The summed E-state index contributed by atoms with van der Waals surface area (Å²) in [6.45, 7) is 3.64. The zero-order chi connectivity index (χ0) is 29.3. The Bertz CT molecular complexity index is 1560. The number of carbonyl (C=O) groups is 1. The molecule has 216 valence electrons. The molecular formula is C30H34F3N7O. The molecule has 0 aliphatic heterocycles. The Balaban J connectivity index is 1.35. The number of fused-ring (bicyclic) bond motifs is 1. The normalized spacial score (nSPS) is 18.3. The maximum Gasteiger partial charge on any atom is 0.416 e. The second-order valence-corrected chi connectivity index (χ2v) is 10.7. The van der Waals surface area contributed by atoms with Gasteiger partial charge in [-0.05, 0) is 68.4 Å². The van der Waals surface area contributed by atoms with Gasteiger partial charge in [0, 0.05) is 42.3 Å². The Kier molecular flexibility index (Phi) is 7.99. The number of hydrogen-bond donors (Lipinski definition) is 3. The van der Waals surface area contributed by atoms with E-state index in [4.69, 9.17) is 10.7 Å². The number of aromatic nitrogens is 4. The number of benzene rings is 2. The molecule has 4 N–H and O–H groups in total. The van der Waals surface area contributed by atoms with Crippen LogP contribution in [0.1, 0.15) is 62.1 Å². The highest BCUT2D eigenvalue weighted by molar-refractivity contribution is 5.95. The molecule has 8 nitrogen and oxygen atoms in total. The molecule has 1 fully saturated rings. The summed E-state index contributed by atoms with van der Waals surface area (Å²) < 4.78 is 41.1. The van der Waals surface area contributed by atoms with Crippen LogP contribution >= 0.6 is 0 Å². The van der Waals surface area contributed by atoms with Gasteiger partial charge in [-0.25, -0.2) is 9.97 Å². The lowest BCUT2D eigenvalue weighted by Crippen LogP contribution is -2.33. The maximum atomic E-state index is 13.1. The fraction of sp³-hybridized carbons (Fsp3) is 0.400. The van der Waals surface area contributed by atoms with Crippen molar-refractivity contribution in [1.29, 1.82) is 0 Å². The van der Waals surface area contributed by atoms with E-state index in [0.717, 1.165) is 72.0 Å². The second-order valence-electron chi connectivity index (χ2n) is 10.7. The predicted molar refractivity (Wildman–Crippen MR) is 153 cm³/mol. The van der Waals surface area contributed by atoms with Gasteiger partial charge < -0.3 is 16.4 Å². The van der Waals surface area contributed by atoms with Crippen molar-refractivity contribution in [3.05, 3.63) is 65.4 Å². The average Bonchev–Trinajstić information content (AvgIpc) is 3.32. The van der Waals surface area contributed by atoms with Crippen LogP contribution in [0.2, 0.25) is 0 Å². The lowest BCUT2D eigenvalue weighted by molar-refractivity contribution is -0.137. The van der Waals surface area contributed by atoms with Crippen molar-refractivity contribution in [2.75, 3.05) is 10.6 Å². The number of anilines is 2. The van der Waals surface area contributed by atoms with E-state index in [-0.39, 0.29) is 11.6 Å². The van der Waals surface area contributed by atoms with Crippen molar-refractivity contribution in [2.45, 2.75) is 70.1 Å². The van der Waals surface area contributed by atoms with E-state index in [1.165, 1.54) is 12.1 Å². The number of nitrogens with one attached hydrogen (secondary N) is 2. The molecular weight excluding hydrogens is 531 g/mol. The fourth-order valence-electron chi connectivity index (χ4n) is 5.32. The highest BCUT2D eigenvalue weighted by Crippen LogP contribution is 2.32. The topological polar surface area (TPSA) is 111 Å². The third kappa shape index (κ3) is 6.35. The van der Waals surface area contributed by atoms with Crippen molar-refractivity contribution in [2.24, 2.45) is 12.8 Å². The molecule has 1 aliphatic carbocycles. The quantitative estimate of drug-likeness (QED) is 0.252. The number of hydrogen-bond acceptors (Lipinski definition) is 6. The first-order chi connectivity index (χ1) is 19.5. The van der Waals surface area contributed by atoms with Crippen LogP contribution in [0.4, 0.5) is 24.9 Å². The molecule has 1 atom stereocenters. The summed E-state index contributed by atoms with van der Waals surface area (Å²) in [6.07, 6.45) is 2.08. The molecule has 5 rings (SSSR count). The molecule has 1 saturated carbocycles. The highest BCUT2D eigenvalue weighted by atomic mass is 19.4. The highest BCUT2D eigenvalue weighted by Gasteiger charge is 2.31. The first-order valence-corrected chi connectivity index (χ1v) is 13.9. The zero-order valence-corrected chi connectivity index (χ0v) is 23.3. The van der Waals surface area contributed by atoms with Crippen LogP contribution in [-0.4, -0.2) is 37.7 Å². The molecule has 2 heterocycles. The molecule has 0 bridgehead atoms. The summed E-state index contributed by atoms with van der Waals surface area (Å²) in [5.41, 5.74) is 9.12. The van der Waals surface area contributed by atoms with Gasteiger partial charge in [-0.15, -0.1) is 0 Å². The summed E-state index contributed by atoms with van der Waals surface area (Å²) in [5.74, 6) is -0.330. The minimum atomic E-state index is -4.48. The molecule has 2 aromatic carbocycles. The number of aryl methyl sites for hydroxylation is 2. The van der Waals surface area contributed by atoms with Crippen molar-refractivity contribution in [3.63, 3.8) is 0 Å². The Morgan fingerprint density at radius 2 is 1.90 bits per heavy atom. The van der Waals surface area contributed by atoms with E-state index >= 15 is 0 Å². The zero-order valence-electron chi connectivity index (χ0n) is 23.3. The standard InChI is InChI=1S/C30H34F3N7O/c1-4-18-12-20(13-21-16-35-29(38-27(18)21)36-24-10-8-23(34)9-11-24)25-15-26(39-40(25)3)37-28(41)17(2)19-6-5-7-22(14-19)30(31,32)33/h5-7,12-17,23-24H,4,8-11,34H2,1-3H3,(H,35,36,38)(H,37,39,41). The van der Waals surface area contributed by atoms with Crippen molar-refractivity contribution in [1.82, 2.24) is 19.7 Å².